The SMILES string of the molecule is CCC1CCCCN1CC(=O)NCc1ccc(C)c(F)c1. The van der Waals surface area contributed by atoms with E-state index in [9.17, 15) is 9.18 Å². The third-order valence-corrected chi connectivity index (χ3v) is 4.29. The molecule has 2 rings (SSSR count). The molecule has 1 heterocycles. The van der Waals surface area contributed by atoms with Gasteiger partial charge in [0.2, 0.25) is 5.91 Å². The van der Waals surface area contributed by atoms with Gasteiger partial charge in [0.1, 0.15) is 5.82 Å². The normalized spacial score (nSPS) is 19.5. The number of halogens is 1. The predicted molar refractivity (Wildman–Crippen MR) is 82.5 cm³/mol. The lowest BCUT2D eigenvalue weighted by Gasteiger charge is -2.34. The van der Waals surface area contributed by atoms with Gasteiger partial charge in [0, 0.05) is 12.6 Å². The Hall–Kier alpha value is -1.42. The number of piperidine rings is 1. The minimum Gasteiger partial charge on any atom is -0.351 e. The zero-order valence-electron chi connectivity index (χ0n) is 13.0. The highest BCUT2D eigenvalue weighted by Gasteiger charge is 2.22. The Bertz CT molecular complexity index is 490. The maximum atomic E-state index is 13.5. The van der Waals surface area contributed by atoms with E-state index in [2.05, 4.69) is 17.1 Å². The number of rotatable bonds is 5. The molecule has 3 nitrogen and oxygen atoms in total. The average molecular weight is 292 g/mol. The molecule has 1 N–H and O–H groups in total. The van der Waals surface area contributed by atoms with E-state index < -0.39 is 0 Å². The van der Waals surface area contributed by atoms with Gasteiger partial charge in [-0.3, -0.25) is 9.69 Å². The van der Waals surface area contributed by atoms with Gasteiger partial charge in [-0.15, -0.1) is 0 Å². The molecular weight excluding hydrogens is 267 g/mol. The van der Waals surface area contributed by atoms with Gasteiger partial charge in [0.25, 0.3) is 0 Å². The molecule has 1 unspecified atom stereocenters. The summed E-state index contributed by atoms with van der Waals surface area (Å²) in [5.41, 5.74) is 1.43. The van der Waals surface area contributed by atoms with Crippen molar-refractivity contribution >= 4 is 5.91 Å². The fraction of sp³-hybridized carbons (Fsp3) is 0.588. The minimum atomic E-state index is -0.219. The summed E-state index contributed by atoms with van der Waals surface area (Å²) in [5.74, 6) is -0.194. The Morgan fingerprint density at radius 3 is 2.95 bits per heavy atom. The molecule has 1 amide bonds. The highest BCUT2D eigenvalue weighted by atomic mass is 19.1. The van der Waals surface area contributed by atoms with Crippen LogP contribution in [0.25, 0.3) is 0 Å². The molecular formula is C17H25FN2O. The third kappa shape index (κ3) is 4.53. The van der Waals surface area contributed by atoms with Gasteiger partial charge in [-0.1, -0.05) is 25.5 Å². The number of hydrogen-bond acceptors (Lipinski definition) is 2. The number of nitrogens with zero attached hydrogens (tertiary/aromatic N) is 1. The number of likely N-dealkylation sites (tertiary alicyclic amines) is 1. The van der Waals surface area contributed by atoms with Crippen LogP contribution in [0.3, 0.4) is 0 Å². The van der Waals surface area contributed by atoms with Gasteiger partial charge >= 0.3 is 0 Å². The summed E-state index contributed by atoms with van der Waals surface area (Å²) in [6, 6.07) is 5.62. The van der Waals surface area contributed by atoms with Crippen LogP contribution < -0.4 is 5.32 Å². The molecule has 0 bridgehead atoms. The van der Waals surface area contributed by atoms with Crippen LogP contribution in [0, 0.1) is 12.7 Å². The van der Waals surface area contributed by atoms with Crippen molar-refractivity contribution in [2.45, 2.75) is 52.1 Å². The molecule has 0 spiro atoms. The van der Waals surface area contributed by atoms with Gasteiger partial charge in [-0.05, 0) is 49.9 Å². The molecule has 1 aromatic carbocycles. The molecule has 1 atom stereocenters. The van der Waals surface area contributed by atoms with Gasteiger partial charge in [0.05, 0.1) is 6.54 Å². The largest absolute Gasteiger partial charge is 0.351 e. The summed E-state index contributed by atoms with van der Waals surface area (Å²) < 4.78 is 13.5. The summed E-state index contributed by atoms with van der Waals surface area (Å²) in [4.78, 5) is 14.3. The van der Waals surface area contributed by atoms with Crippen molar-refractivity contribution in [3.8, 4) is 0 Å². The van der Waals surface area contributed by atoms with Gasteiger partial charge in [-0.25, -0.2) is 4.39 Å². The summed E-state index contributed by atoms with van der Waals surface area (Å²) in [7, 11) is 0. The number of benzene rings is 1. The highest BCUT2D eigenvalue weighted by Crippen LogP contribution is 2.18. The molecule has 4 heteroatoms. The first-order valence-corrected chi connectivity index (χ1v) is 7.86. The molecule has 0 aliphatic carbocycles. The summed E-state index contributed by atoms with van der Waals surface area (Å²) in [6.07, 6.45) is 4.72. The second-order valence-corrected chi connectivity index (χ2v) is 5.89. The Kier molecular flexibility index (Phi) is 5.74. The van der Waals surface area contributed by atoms with Crippen molar-refractivity contribution in [3.63, 3.8) is 0 Å². The lowest BCUT2D eigenvalue weighted by Crippen LogP contribution is -2.45. The van der Waals surface area contributed by atoms with Crippen LogP contribution in [0.15, 0.2) is 18.2 Å². The quantitative estimate of drug-likeness (QED) is 0.905. The molecule has 0 radical (unpaired) electrons. The van der Waals surface area contributed by atoms with Crippen LogP contribution in [-0.2, 0) is 11.3 Å². The van der Waals surface area contributed by atoms with E-state index in [1.54, 1.807) is 13.0 Å². The zero-order chi connectivity index (χ0) is 15.2. The maximum absolute atomic E-state index is 13.5. The van der Waals surface area contributed by atoms with Crippen molar-refractivity contribution in [2.24, 2.45) is 0 Å². The Morgan fingerprint density at radius 2 is 2.24 bits per heavy atom. The van der Waals surface area contributed by atoms with Crippen LogP contribution in [0.5, 0.6) is 0 Å². The highest BCUT2D eigenvalue weighted by molar-refractivity contribution is 5.78. The second-order valence-electron chi connectivity index (χ2n) is 5.89. The van der Waals surface area contributed by atoms with Crippen LogP contribution in [0.2, 0.25) is 0 Å². The first kappa shape index (κ1) is 16.0. The Morgan fingerprint density at radius 1 is 1.43 bits per heavy atom. The van der Waals surface area contributed by atoms with E-state index in [1.165, 1.54) is 25.3 Å². The van der Waals surface area contributed by atoms with Crippen LogP contribution in [0.1, 0.15) is 43.7 Å². The number of nitrogens with one attached hydrogen (secondary N) is 1. The molecule has 1 aliphatic rings. The van der Waals surface area contributed by atoms with Crippen molar-refractivity contribution in [1.29, 1.82) is 0 Å². The van der Waals surface area contributed by atoms with Crippen molar-refractivity contribution in [1.82, 2.24) is 10.2 Å². The Balaban J connectivity index is 1.82. The van der Waals surface area contributed by atoms with E-state index in [1.807, 2.05) is 6.07 Å². The van der Waals surface area contributed by atoms with E-state index in [0.29, 0.717) is 24.7 Å². The molecule has 1 aliphatic heterocycles. The van der Waals surface area contributed by atoms with E-state index in [-0.39, 0.29) is 11.7 Å². The maximum Gasteiger partial charge on any atom is 0.234 e. The second kappa shape index (κ2) is 7.55. The Labute approximate surface area is 126 Å². The van der Waals surface area contributed by atoms with Gasteiger partial charge in [-0.2, -0.15) is 0 Å². The number of amides is 1. The number of aryl methyl sites for hydroxylation is 1. The molecule has 1 fully saturated rings. The van der Waals surface area contributed by atoms with Gasteiger partial charge in [0.15, 0.2) is 0 Å². The summed E-state index contributed by atoms with van der Waals surface area (Å²) in [6.45, 7) is 5.76. The molecule has 0 aromatic heterocycles. The first-order valence-electron chi connectivity index (χ1n) is 7.86. The van der Waals surface area contributed by atoms with Crippen LogP contribution >= 0.6 is 0 Å². The molecule has 0 saturated carbocycles. The fourth-order valence-corrected chi connectivity index (χ4v) is 2.92. The lowest BCUT2D eigenvalue weighted by atomic mass is 10.00. The molecule has 1 saturated heterocycles. The van der Waals surface area contributed by atoms with Gasteiger partial charge < -0.3 is 5.32 Å². The zero-order valence-corrected chi connectivity index (χ0v) is 13.0. The molecule has 21 heavy (non-hydrogen) atoms. The molecule has 1 aromatic rings. The average Bonchev–Trinajstić information content (AvgIpc) is 2.49. The third-order valence-electron chi connectivity index (χ3n) is 4.29. The lowest BCUT2D eigenvalue weighted by molar-refractivity contribution is -0.123. The van der Waals surface area contributed by atoms with Crippen molar-refractivity contribution < 1.29 is 9.18 Å². The topological polar surface area (TPSA) is 32.3 Å². The first-order chi connectivity index (χ1) is 10.1. The standard InChI is InChI=1S/C17H25FN2O/c1-3-15-6-4-5-9-20(15)12-17(21)19-11-14-8-7-13(2)16(18)10-14/h7-8,10,15H,3-6,9,11-12H2,1-2H3,(H,19,21). The summed E-state index contributed by atoms with van der Waals surface area (Å²) in [5, 5.41) is 2.89. The number of hydrogen-bond donors (Lipinski definition) is 1. The van der Waals surface area contributed by atoms with Crippen molar-refractivity contribution in [2.75, 3.05) is 13.1 Å². The van der Waals surface area contributed by atoms with E-state index in [4.69, 9.17) is 0 Å². The van der Waals surface area contributed by atoms with Crippen LogP contribution in [-0.4, -0.2) is 29.9 Å². The van der Waals surface area contributed by atoms with Crippen molar-refractivity contribution in [3.05, 3.63) is 35.1 Å². The minimum absolute atomic E-state index is 0.0244. The number of carbonyl (C=O) groups is 1. The summed E-state index contributed by atoms with van der Waals surface area (Å²) >= 11 is 0. The number of carbonyl (C=O) groups excluding carboxylic acids is 1. The van der Waals surface area contributed by atoms with E-state index in [0.717, 1.165) is 18.5 Å². The fourth-order valence-electron chi connectivity index (χ4n) is 2.92. The predicted octanol–water partition coefficient (Wildman–Crippen LogP) is 3.01. The smallest absolute Gasteiger partial charge is 0.234 e. The van der Waals surface area contributed by atoms with Crippen LogP contribution in [0.4, 0.5) is 4.39 Å². The monoisotopic (exact) mass is 292 g/mol. The molecule has 116 valence electrons. The van der Waals surface area contributed by atoms with E-state index >= 15 is 0 Å².